The molecule has 0 bridgehead atoms. The Labute approximate surface area is 54.1 Å². The van der Waals surface area contributed by atoms with Gasteiger partial charge >= 0.3 is 0 Å². The minimum absolute atomic E-state index is 0.132. The molecule has 0 unspecified atom stereocenters. The Hall–Kier alpha value is -1.24. The summed E-state index contributed by atoms with van der Waals surface area (Å²) in [5, 5.41) is 10.6. The van der Waals surface area contributed by atoms with Crippen LogP contribution in [0.2, 0.25) is 0 Å². The molecule has 0 aliphatic rings. The van der Waals surface area contributed by atoms with E-state index in [1.807, 2.05) is 0 Å². The van der Waals surface area contributed by atoms with Crippen molar-refractivity contribution < 1.29 is 4.79 Å². The van der Waals surface area contributed by atoms with Crippen LogP contribution in [0.5, 0.6) is 0 Å². The van der Waals surface area contributed by atoms with E-state index in [1.54, 1.807) is 13.2 Å². The maximum Gasteiger partial charge on any atom is 0.240 e. The van der Waals surface area contributed by atoms with Gasteiger partial charge in [-0.2, -0.15) is 5.26 Å². The average molecular weight is 127 g/mol. The third-order valence-corrected chi connectivity index (χ3v) is 0.830. The molecule has 0 rings (SSSR count). The molecule has 0 aromatic heterocycles. The lowest BCUT2D eigenvalue weighted by atomic mass is 10.5. The van der Waals surface area contributed by atoms with Crippen LogP contribution in [0.15, 0.2) is 0 Å². The number of amides is 1. The molecular weight excluding hydrogens is 118 g/mol. The van der Waals surface area contributed by atoms with E-state index >= 15 is 0 Å². The molecule has 4 heteroatoms. The van der Waals surface area contributed by atoms with Crippen LogP contribution in [-0.4, -0.2) is 31.4 Å². The summed E-state index contributed by atoms with van der Waals surface area (Å²) in [4.78, 5) is 11.7. The molecule has 0 saturated heterocycles. The van der Waals surface area contributed by atoms with Gasteiger partial charge in [0.2, 0.25) is 5.91 Å². The fraction of sp³-hybridized carbons (Fsp3) is 0.600. The SMILES string of the molecule is CNC(=O)CN(C)C#N. The maximum absolute atomic E-state index is 10.5. The van der Waals surface area contributed by atoms with Crippen LogP contribution in [0, 0.1) is 11.5 Å². The predicted molar refractivity (Wildman–Crippen MR) is 32.3 cm³/mol. The first-order chi connectivity index (χ1) is 4.20. The molecule has 0 atom stereocenters. The first kappa shape index (κ1) is 7.76. The number of hydrogen-bond acceptors (Lipinski definition) is 3. The first-order valence-corrected chi connectivity index (χ1v) is 2.52. The zero-order valence-corrected chi connectivity index (χ0v) is 5.51. The summed E-state index contributed by atoms with van der Waals surface area (Å²) in [7, 11) is 3.09. The molecule has 0 aliphatic heterocycles. The molecule has 1 amide bonds. The van der Waals surface area contributed by atoms with Crippen molar-refractivity contribution in [2.24, 2.45) is 0 Å². The van der Waals surface area contributed by atoms with Crippen LogP contribution in [0.25, 0.3) is 0 Å². The highest BCUT2D eigenvalue weighted by atomic mass is 16.1. The Morgan fingerprint density at radius 3 is 2.78 bits per heavy atom. The fourth-order valence-corrected chi connectivity index (χ4v) is 0.330. The topological polar surface area (TPSA) is 56.1 Å². The smallest absolute Gasteiger partial charge is 0.240 e. The quantitative estimate of drug-likeness (QED) is 0.388. The number of likely N-dealkylation sites (N-methyl/N-ethyl adjacent to an activating group) is 2. The summed E-state index contributed by atoms with van der Waals surface area (Å²) in [6.07, 6.45) is 1.80. The Morgan fingerprint density at radius 1 is 1.89 bits per heavy atom. The fourth-order valence-electron chi connectivity index (χ4n) is 0.330. The highest BCUT2D eigenvalue weighted by Crippen LogP contribution is 1.74. The molecule has 0 heterocycles. The van der Waals surface area contributed by atoms with Crippen molar-refractivity contribution in [1.29, 1.82) is 5.26 Å². The molecule has 9 heavy (non-hydrogen) atoms. The molecule has 50 valence electrons. The predicted octanol–water partition coefficient (Wildman–Crippen LogP) is -0.855. The van der Waals surface area contributed by atoms with Crippen LogP contribution in [0.4, 0.5) is 0 Å². The van der Waals surface area contributed by atoms with E-state index in [9.17, 15) is 4.79 Å². The Morgan fingerprint density at radius 2 is 2.44 bits per heavy atom. The van der Waals surface area contributed by atoms with Crippen LogP contribution in [0.1, 0.15) is 0 Å². The van der Waals surface area contributed by atoms with Gasteiger partial charge < -0.3 is 10.2 Å². The zero-order chi connectivity index (χ0) is 7.28. The van der Waals surface area contributed by atoms with Gasteiger partial charge in [0, 0.05) is 14.1 Å². The zero-order valence-electron chi connectivity index (χ0n) is 5.51. The van der Waals surface area contributed by atoms with Crippen LogP contribution < -0.4 is 5.32 Å². The van der Waals surface area contributed by atoms with Gasteiger partial charge in [-0.25, -0.2) is 0 Å². The van der Waals surface area contributed by atoms with Crippen molar-refractivity contribution in [3.05, 3.63) is 0 Å². The minimum atomic E-state index is -0.154. The Kier molecular flexibility index (Phi) is 3.21. The largest absolute Gasteiger partial charge is 0.358 e. The summed E-state index contributed by atoms with van der Waals surface area (Å²) in [5.74, 6) is -0.154. The number of rotatable bonds is 2. The summed E-state index contributed by atoms with van der Waals surface area (Å²) >= 11 is 0. The number of nitrogens with zero attached hydrogens (tertiary/aromatic N) is 2. The normalized spacial score (nSPS) is 7.67. The van der Waals surface area contributed by atoms with Crippen molar-refractivity contribution in [1.82, 2.24) is 10.2 Å². The highest BCUT2D eigenvalue weighted by Gasteiger charge is 1.99. The number of nitrogens with one attached hydrogen (secondary N) is 1. The summed E-state index contributed by atoms with van der Waals surface area (Å²) in [6.45, 7) is 0.132. The lowest BCUT2D eigenvalue weighted by Gasteiger charge is -2.05. The van der Waals surface area contributed by atoms with E-state index in [1.165, 1.54) is 11.9 Å². The monoisotopic (exact) mass is 127 g/mol. The van der Waals surface area contributed by atoms with E-state index in [0.29, 0.717) is 0 Å². The molecule has 4 nitrogen and oxygen atoms in total. The van der Waals surface area contributed by atoms with E-state index in [0.717, 1.165) is 0 Å². The third-order valence-electron chi connectivity index (χ3n) is 0.830. The van der Waals surface area contributed by atoms with Gasteiger partial charge in [0.05, 0.1) is 0 Å². The Bertz CT molecular complexity index is 138. The second kappa shape index (κ2) is 3.72. The van der Waals surface area contributed by atoms with E-state index < -0.39 is 0 Å². The van der Waals surface area contributed by atoms with Gasteiger partial charge in [-0.05, 0) is 0 Å². The van der Waals surface area contributed by atoms with Crippen molar-refractivity contribution >= 4 is 5.91 Å². The molecule has 0 spiro atoms. The number of hydrogen-bond donors (Lipinski definition) is 1. The molecule has 0 aromatic carbocycles. The Balaban J connectivity index is 3.50. The van der Waals surface area contributed by atoms with Gasteiger partial charge in [0.15, 0.2) is 6.19 Å². The summed E-state index contributed by atoms with van der Waals surface area (Å²) in [5.41, 5.74) is 0. The van der Waals surface area contributed by atoms with Crippen molar-refractivity contribution in [3.8, 4) is 6.19 Å². The van der Waals surface area contributed by atoms with Crippen LogP contribution in [-0.2, 0) is 4.79 Å². The maximum atomic E-state index is 10.5. The first-order valence-electron chi connectivity index (χ1n) is 2.52. The van der Waals surface area contributed by atoms with Crippen molar-refractivity contribution in [2.45, 2.75) is 0 Å². The number of carbonyl (C=O) groups excluding carboxylic acids is 1. The molecular formula is C5H9N3O. The molecule has 0 aromatic rings. The van der Waals surface area contributed by atoms with Gasteiger partial charge in [0.25, 0.3) is 0 Å². The van der Waals surface area contributed by atoms with E-state index in [4.69, 9.17) is 5.26 Å². The summed E-state index contributed by atoms with van der Waals surface area (Å²) in [6, 6.07) is 0. The molecule has 1 N–H and O–H groups in total. The van der Waals surface area contributed by atoms with Crippen molar-refractivity contribution in [3.63, 3.8) is 0 Å². The van der Waals surface area contributed by atoms with Crippen LogP contribution in [0.3, 0.4) is 0 Å². The lowest BCUT2D eigenvalue weighted by Crippen LogP contribution is -2.30. The average Bonchev–Trinajstić information content (AvgIpc) is 1.87. The molecule has 0 aliphatic carbocycles. The number of carbonyl (C=O) groups is 1. The summed E-state index contributed by atoms with van der Waals surface area (Å²) < 4.78 is 0. The standard InChI is InChI=1S/C5H9N3O/c1-7-5(9)3-8(2)4-6/h3H2,1-2H3,(H,7,9). The van der Waals surface area contributed by atoms with Crippen LogP contribution >= 0.6 is 0 Å². The van der Waals surface area contributed by atoms with Gasteiger partial charge in [0.1, 0.15) is 6.54 Å². The van der Waals surface area contributed by atoms with E-state index in [-0.39, 0.29) is 12.5 Å². The second-order valence-electron chi connectivity index (χ2n) is 1.63. The molecule has 0 radical (unpaired) electrons. The van der Waals surface area contributed by atoms with Gasteiger partial charge in [-0.15, -0.1) is 0 Å². The second-order valence-corrected chi connectivity index (χ2v) is 1.63. The molecule has 0 fully saturated rings. The number of nitriles is 1. The van der Waals surface area contributed by atoms with Crippen molar-refractivity contribution in [2.75, 3.05) is 20.6 Å². The molecule has 0 saturated carbocycles. The third kappa shape index (κ3) is 3.35. The highest BCUT2D eigenvalue weighted by molar-refractivity contribution is 5.77. The lowest BCUT2D eigenvalue weighted by molar-refractivity contribution is -0.120. The van der Waals surface area contributed by atoms with Gasteiger partial charge in [-0.3, -0.25) is 4.79 Å². The van der Waals surface area contributed by atoms with E-state index in [2.05, 4.69) is 5.32 Å². The minimum Gasteiger partial charge on any atom is -0.358 e. The van der Waals surface area contributed by atoms with Gasteiger partial charge in [-0.1, -0.05) is 0 Å².